The molecule has 1 aromatic carbocycles. The van der Waals surface area contributed by atoms with Crippen molar-refractivity contribution in [1.82, 2.24) is 14.9 Å². The van der Waals surface area contributed by atoms with Crippen LogP contribution in [0.5, 0.6) is 0 Å². The number of carbonyl (C=O) groups excluding carboxylic acids is 1. The summed E-state index contributed by atoms with van der Waals surface area (Å²) in [4.78, 5) is 21.4. The van der Waals surface area contributed by atoms with E-state index in [0.29, 0.717) is 13.1 Å². The number of nitrogens with zero attached hydrogens (tertiary/aromatic N) is 2. The van der Waals surface area contributed by atoms with Crippen LogP contribution < -0.4 is 5.32 Å². The molecule has 104 valence electrons. The van der Waals surface area contributed by atoms with Crippen LogP contribution in [0, 0.1) is 13.8 Å². The summed E-state index contributed by atoms with van der Waals surface area (Å²) in [7, 11) is 0. The highest BCUT2D eigenvalue weighted by atomic mass is 16.2. The van der Waals surface area contributed by atoms with Crippen molar-refractivity contribution in [3.63, 3.8) is 0 Å². The summed E-state index contributed by atoms with van der Waals surface area (Å²) < 4.78 is 0. The van der Waals surface area contributed by atoms with E-state index in [1.807, 2.05) is 25.1 Å². The van der Waals surface area contributed by atoms with Gasteiger partial charge in [-0.2, -0.15) is 0 Å². The molecule has 0 bridgehead atoms. The van der Waals surface area contributed by atoms with E-state index < -0.39 is 0 Å². The van der Waals surface area contributed by atoms with E-state index in [1.165, 1.54) is 11.1 Å². The number of rotatable bonds is 1. The number of anilines is 1. The van der Waals surface area contributed by atoms with E-state index in [1.54, 1.807) is 11.2 Å². The van der Waals surface area contributed by atoms with Gasteiger partial charge in [-0.25, -0.2) is 9.78 Å². The first-order valence-electron chi connectivity index (χ1n) is 6.78. The number of urea groups is 1. The molecule has 2 amide bonds. The molecule has 5 heteroatoms. The fourth-order valence-electron chi connectivity index (χ4n) is 2.41. The number of benzene rings is 1. The minimum Gasteiger partial charge on any atom is -0.347 e. The van der Waals surface area contributed by atoms with Crippen LogP contribution in [0.2, 0.25) is 0 Å². The fraction of sp³-hybridized carbons (Fsp3) is 0.333. The molecule has 0 spiro atoms. The summed E-state index contributed by atoms with van der Waals surface area (Å²) in [6.07, 6.45) is 2.49. The van der Waals surface area contributed by atoms with Gasteiger partial charge in [-0.05, 0) is 37.1 Å². The predicted octanol–water partition coefficient (Wildman–Crippen LogP) is 2.62. The molecule has 2 N–H and O–H groups in total. The topological polar surface area (TPSA) is 61.0 Å². The molecule has 20 heavy (non-hydrogen) atoms. The van der Waals surface area contributed by atoms with Gasteiger partial charge in [0.2, 0.25) is 0 Å². The maximum absolute atomic E-state index is 12.3. The molecule has 5 nitrogen and oxygen atoms in total. The average molecular weight is 270 g/mol. The summed E-state index contributed by atoms with van der Waals surface area (Å²) in [5, 5.41) is 2.96. The van der Waals surface area contributed by atoms with Gasteiger partial charge < -0.3 is 15.2 Å². The molecule has 0 unspecified atom stereocenters. The highest BCUT2D eigenvalue weighted by Gasteiger charge is 2.22. The number of hydrogen-bond acceptors (Lipinski definition) is 2. The molecule has 0 aliphatic carbocycles. The van der Waals surface area contributed by atoms with Crippen LogP contribution >= 0.6 is 0 Å². The Kier molecular flexibility index (Phi) is 3.18. The molecule has 1 aliphatic rings. The zero-order valence-corrected chi connectivity index (χ0v) is 11.7. The van der Waals surface area contributed by atoms with Gasteiger partial charge in [-0.1, -0.05) is 6.07 Å². The second kappa shape index (κ2) is 5.00. The second-order valence-electron chi connectivity index (χ2n) is 5.23. The number of amides is 2. The summed E-state index contributed by atoms with van der Waals surface area (Å²) >= 11 is 0. The first-order valence-corrected chi connectivity index (χ1v) is 6.78. The third-order valence-electron chi connectivity index (χ3n) is 3.82. The fourth-order valence-corrected chi connectivity index (χ4v) is 2.41. The Morgan fingerprint density at radius 1 is 1.35 bits per heavy atom. The van der Waals surface area contributed by atoms with Crippen molar-refractivity contribution in [3.05, 3.63) is 47.0 Å². The Balaban J connectivity index is 1.69. The Morgan fingerprint density at radius 3 is 3.00 bits per heavy atom. The molecule has 3 rings (SSSR count). The molecule has 0 fully saturated rings. The first-order chi connectivity index (χ1) is 9.63. The van der Waals surface area contributed by atoms with Crippen molar-refractivity contribution in [2.24, 2.45) is 0 Å². The first kappa shape index (κ1) is 12.7. The Labute approximate surface area is 118 Å². The van der Waals surface area contributed by atoms with Crippen LogP contribution in [0.25, 0.3) is 0 Å². The van der Waals surface area contributed by atoms with E-state index in [2.05, 4.69) is 22.2 Å². The summed E-state index contributed by atoms with van der Waals surface area (Å²) in [6.45, 7) is 5.40. The van der Waals surface area contributed by atoms with Crippen LogP contribution in [0.3, 0.4) is 0 Å². The lowest BCUT2D eigenvalue weighted by Gasteiger charge is -2.26. The smallest absolute Gasteiger partial charge is 0.322 e. The zero-order valence-electron chi connectivity index (χ0n) is 11.7. The lowest BCUT2D eigenvalue weighted by Crippen LogP contribution is -2.38. The summed E-state index contributed by atoms with van der Waals surface area (Å²) in [5.74, 6) is 0. The Morgan fingerprint density at radius 2 is 2.20 bits per heavy atom. The lowest BCUT2D eigenvalue weighted by molar-refractivity contribution is 0.205. The number of nitrogens with one attached hydrogen (secondary N) is 2. The van der Waals surface area contributed by atoms with Crippen molar-refractivity contribution >= 4 is 11.7 Å². The number of hydrogen-bond donors (Lipinski definition) is 2. The van der Waals surface area contributed by atoms with Gasteiger partial charge in [0.05, 0.1) is 24.3 Å². The van der Waals surface area contributed by atoms with Crippen molar-refractivity contribution in [2.45, 2.75) is 26.8 Å². The quantitative estimate of drug-likeness (QED) is 0.836. The van der Waals surface area contributed by atoms with E-state index >= 15 is 0 Å². The third kappa shape index (κ3) is 2.39. The van der Waals surface area contributed by atoms with Gasteiger partial charge in [0, 0.05) is 18.7 Å². The lowest BCUT2D eigenvalue weighted by atomic mass is 10.1. The van der Waals surface area contributed by atoms with Gasteiger partial charge in [0.15, 0.2) is 0 Å². The standard InChI is InChI=1S/C15H18N4O/c1-10-3-4-12(7-11(10)2)18-15(20)19-6-5-13-14(8-19)17-9-16-13/h3-4,7,9H,5-6,8H2,1-2H3,(H,16,17)(H,18,20). The zero-order chi connectivity index (χ0) is 14.1. The number of H-pyrrole nitrogens is 1. The molecule has 1 aromatic heterocycles. The SMILES string of the molecule is Cc1ccc(NC(=O)N2CCc3nc[nH]c3C2)cc1C. The Bertz CT molecular complexity index is 647. The molecule has 2 heterocycles. The minimum atomic E-state index is -0.0616. The van der Waals surface area contributed by atoms with Crippen molar-refractivity contribution in [3.8, 4) is 0 Å². The highest BCUT2D eigenvalue weighted by Crippen LogP contribution is 2.18. The molecule has 0 saturated carbocycles. The molecule has 2 aromatic rings. The maximum Gasteiger partial charge on any atom is 0.322 e. The number of aryl methyl sites for hydroxylation is 2. The number of aromatic nitrogens is 2. The number of imidazole rings is 1. The van der Waals surface area contributed by atoms with E-state index in [4.69, 9.17) is 0 Å². The Hall–Kier alpha value is -2.30. The third-order valence-corrected chi connectivity index (χ3v) is 3.82. The van der Waals surface area contributed by atoms with Gasteiger partial charge in [0.25, 0.3) is 0 Å². The molecule has 0 atom stereocenters. The summed E-state index contributed by atoms with van der Waals surface area (Å²) in [5.41, 5.74) is 5.35. The maximum atomic E-state index is 12.3. The van der Waals surface area contributed by atoms with Crippen molar-refractivity contribution in [2.75, 3.05) is 11.9 Å². The molecule has 0 saturated heterocycles. The van der Waals surface area contributed by atoms with Gasteiger partial charge in [0.1, 0.15) is 0 Å². The van der Waals surface area contributed by atoms with E-state index in [9.17, 15) is 4.79 Å². The normalized spacial score (nSPS) is 14.0. The van der Waals surface area contributed by atoms with E-state index in [-0.39, 0.29) is 6.03 Å². The van der Waals surface area contributed by atoms with Crippen LogP contribution in [0.4, 0.5) is 10.5 Å². The molecule has 1 aliphatic heterocycles. The van der Waals surface area contributed by atoms with Crippen molar-refractivity contribution in [1.29, 1.82) is 0 Å². The molecular weight excluding hydrogens is 252 g/mol. The van der Waals surface area contributed by atoms with Gasteiger partial charge in [-0.3, -0.25) is 0 Å². The van der Waals surface area contributed by atoms with Crippen molar-refractivity contribution < 1.29 is 4.79 Å². The van der Waals surface area contributed by atoms with Gasteiger partial charge >= 0.3 is 6.03 Å². The van der Waals surface area contributed by atoms with Crippen LogP contribution in [-0.4, -0.2) is 27.4 Å². The van der Waals surface area contributed by atoms with Gasteiger partial charge in [-0.15, -0.1) is 0 Å². The minimum absolute atomic E-state index is 0.0616. The average Bonchev–Trinajstić information content (AvgIpc) is 2.90. The highest BCUT2D eigenvalue weighted by molar-refractivity contribution is 5.89. The predicted molar refractivity (Wildman–Crippen MR) is 77.6 cm³/mol. The number of aromatic amines is 1. The number of carbonyl (C=O) groups is 1. The second-order valence-corrected chi connectivity index (χ2v) is 5.23. The monoisotopic (exact) mass is 270 g/mol. The number of fused-ring (bicyclic) bond motifs is 1. The molecular formula is C15H18N4O. The van der Waals surface area contributed by atoms with Crippen LogP contribution in [0.1, 0.15) is 22.5 Å². The summed E-state index contributed by atoms with van der Waals surface area (Å²) in [6, 6.07) is 5.90. The molecule has 0 radical (unpaired) electrons. The largest absolute Gasteiger partial charge is 0.347 e. The van der Waals surface area contributed by atoms with E-state index in [0.717, 1.165) is 23.5 Å². The van der Waals surface area contributed by atoms with Crippen LogP contribution in [0.15, 0.2) is 24.5 Å². The van der Waals surface area contributed by atoms with Crippen LogP contribution in [-0.2, 0) is 13.0 Å².